The number of benzene rings is 1. The number of carbonyl (C=O) groups is 1. The molecule has 19 heavy (non-hydrogen) atoms. The molecule has 1 N–H and O–H groups in total. The van der Waals surface area contributed by atoms with Crippen LogP contribution >= 0.6 is 0 Å². The lowest BCUT2D eigenvalue weighted by molar-refractivity contribution is -0.128. The highest BCUT2D eigenvalue weighted by atomic mass is 19.1. The summed E-state index contributed by atoms with van der Waals surface area (Å²) in [6.45, 7) is 5.94. The molecule has 0 fully saturated rings. The maximum absolute atomic E-state index is 12.8. The molecule has 0 aliphatic rings. The largest absolute Gasteiger partial charge is 0.481 e. The first-order chi connectivity index (χ1) is 9.06. The van der Waals surface area contributed by atoms with Gasteiger partial charge in [-0.2, -0.15) is 0 Å². The molecule has 0 unspecified atom stereocenters. The predicted octanol–water partition coefficient (Wildman–Crippen LogP) is 3.29. The molecule has 1 amide bonds. The maximum atomic E-state index is 12.8. The summed E-state index contributed by atoms with van der Waals surface area (Å²) in [6, 6.07) is 5.84. The lowest BCUT2D eigenvalue weighted by atomic mass is 10.1. The van der Waals surface area contributed by atoms with E-state index >= 15 is 0 Å². The average Bonchev–Trinajstić information content (AvgIpc) is 2.38. The Morgan fingerprint density at radius 3 is 2.47 bits per heavy atom. The Labute approximate surface area is 114 Å². The van der Waals surface area contributed by atoms with Crippen molar-refractivity contribution in [3.8, 4) is 5.75 Å². The summed E-state index contributed by atoms with van der Waals surface area (Å²) < 4.78 is 18.4. The summed E-state index contributed by atoms with van der Waals surface area (Å²) >= 11 is 0. The molecule has 0 bridgehead atoms. The van der Waals surface area contributed by atoms with E-state index in [9.17, 15) is 9.18 Å². The van der Waals surface area contributed by atoms with Gasteiger partial charge in [-0.25, -0.2) is 4.39 Å². The molecule has 0 spiro atoms. The fraction of sp³-hybridized carbons (Fsp3) is 0.533. The molecule has 1 aromatic rings. The zero-order chi connectivity index (χ0) is 14.3. The van der Waals surface area contributed by atoms with E-state index in [0.29, 0.717) is 12.2 Å². The van der Waals surface area contributed by atoms with E-state index in [1.54, 1.807) is 0 Å². The van der Waals surface area contributed by atoms with Gasteiger partial charge in [0.25, 0.3) is 5.91 Å². The highest BCUT2D eigenvalue weighted by Crippen LogP contribution is 2.14. The summed E-state index contributed by atoms with van der Waals surface area (Å²) in [4.78, 5) is 12.0. The van der Waals surface area contributed by atoms with E-state index in [2.05, 4.69) is 12.2 Å². The Balaban J connectivity index is 2.57. The molecule has 1 rings (SSSR count). The molecular formula is C15H22FNO2. The number of halogens is 1. The molecule has 0 radical (unpaired) electrons. The highest BCUT2D eigenvalue weighted by molar-refractivity contribution is 5.81. The first-order valence-electron chi connectivity index (χ1n) is 6.79. The van der Waals surface area contributed by atoms with E-state index in [1.165, 1.54) is 24.3 Å². The molecule has 0 aromatic heterocycles. The number of nitrogens with one attached hydrogen (secondary N) is 1. The Bertz CT molecular complexity index is 392. The summed E-state index contributed by atoms with van der Waals surface area (Å²) in [5.74, 6) is 0.0701. The molecule has 1 aromatic carbocycles. The van der Waals surface area contributed by atoms with Crippen LogP contribution in [0, 0.1) is 5.82 Å². The van der Waals surface area contributed by atoms with Gasteiger partial charge in [0, 0.05) is 6.04 Å². The van der Waals surface area contributed by atoms with Crippen LogP contribution < -0.4 is 10.1 Å². The highest BCUT2D eigenvalue weighted by Gasteiger charge is 2.19. The normalized spacial score (nSPS) is 13.7. The number of carbonyl (C=O) groups excluding carboxylic acids is 1. The molecule has 2 atom stereocenters. The van der Waals surface area contributed by atoms with Crippen molar-refractivity contribution in [2.24, 2.45) is 0 Å². The van der Waals surface area contributed by atoms with Gasteiger partial charge in [0.1, 0.15) is 11.6 Å². The monoisotopic (exact) mass is 267 g/mol. The van der Waals surface area contributed by atoms with Gasteiger partial charge in [0.15, 0.2) is 6.10 Å². The second kappa shape index (κ2) is 7.77. The number of amides is 1. The number of hydrogen-bond donors (Lipinski definition) is 1. The van der Waals surface area contributed by atoms with Crippen LogP contribution in [-0.2, 0) is 4.79 Å². The van der Waals surface area contributed by atoms with Crippen LogP contribution in [0.15, 0.2) is 24.3 Å². The Hall–Kier alpha value is -1.58. The lowest BCUT2D eigenvalue weighted by Crippen LogP contribution is -2.42. The van der Waals surface area contributed by atoms with Crippen LogP contribution in [-0.4, -0.2) is 18.1 Å². The third-order valence-corrected chi connectivity index (χ3v) is 2.87. The van der Waals surface area contributed by atoms with E-state index in [4.69, 9.17) is 4.74 Å². The Kier molecular flexibility index (Phi) is 6.33. The van der Waals surface area contributed by atoms with Crippen LogP contribution in [0.3, 0.4) is 0 Å². The van der Waals surface area contributed by atoms with Crippen molar-refractivity contribution < 1.29 is 13.9 Å². The van der Waals surface area contributed by atoms with Gasteiger partial charge in [-0.15, -0.1) is 0 Å². The van der Waals surface area contributed by atoms with Crippen molar-refractivity contribution in [3.63, 3.8) is 0 Å². The Morgan fingerprint density at radius 1 is 1.32 bits per heavy atom. The summed E-state index contributed by atoms with van der Waals surface area (Å²) in [6.07, 6.45) is 2.00. The lowest BCUT2D eigenvalue weighted by Gasteiger charge is -2.20. The molecule has 4 heteroatoms. The van der Waals surface area contributed by atoms with Gasteiger partial charge in [-0.1, -0.05) is 20.3 Å². The topological polar surface area (TPSA) is 38.3 Å². The van der Waals surface area contributed by atoms with E-state index in [0.717, 1.165) is 12.8 Å². The summed E-state index contributed by atoms with van der Waals surface area (Å²) in [5, 5.41) is 2.93. The van der Waals surface area contributed by atoms with Crippen molar-refractivity contribution in [3.05, 3.63) is 30.1 Å². The zero-order valence-corrected chi connectivity index (χ0v) is 11.8. The molecule has 0 saturated carbocycles. The molecule has 0 aliphatic heterocycles. The standard InChI is InChI=1S/C15H22FNO2/c1-4-6-11(3)17-15(18)14(5-2)19-13-9-7-12(16)8-10-13/h7-11,14H,4-6H2,1-3H3,(H,17,18)/t11-,14+/m0/s1. The van der Waals surface area contributed by atoms with Gasteiger partial charge in [-0.3, -0.25) is 4.79 Å². The van der Waals surface area contributed by atoms with Crippen LogP contribution in [0.2, 0.25) is 0 Å². The van der Waals surface area contributed by atoms with E-state index in [1.807, 2.05) is 13.8 Å². The fourth-order valence-corrected chi connectivity index (χ4v) is 1.84. The van der Waals surface area contributed by atoms with Gasteiger partial charge >= 0.3 is 0 Å². The van der Waals surface area contributed by atoms with Crippen molar-refractivity contribution in [2.75, 3.05) is 0 Å². The van der Waals surface area contributed by atoms with Gasteiger partial charge in [0.05, 0.1) is 0 Å². The van der Waals surface area contributed by atoms with Crippen LogP contribution in [0.1, 0.15) is 40.0 Å². The number of rotatable bonds is 7. The second-order valence-electron chi connectivity index (χ2n) is 4.67. The van der Waals surface area contributed by atoms with Gasteiger partial charge in [-0.05, 0) is 44.0 Å². The first-order valence-corrected chi connectivity index (χ1v) is 6.79. The first kappa shape index (κ1) is 15.5. The molecule has 0 heterocycles. The SMILES string of the molecule is CCC[C@H](C)NC(=O)[C@@H](CC)Oc1ccc(F)cc1. The van der Waals surface area contributed by atoms with Crippen molar-refractivity contribution in [1.82, 2.24) is 5.32 Å². The minimum absolute atomic E-state index is 0.118. The molecule has 3 nitrogen and oxygen atoms in total. The van der Waals surface area contributed by atoms with Gasteiger partial charge in [0.2, 0.25) is 0 Å². The Morgan fingerprint density at radius 2 is 1.95 bits per heavy atom. The minimum atomic E-state index is -0.537. The van der Waals surface area contributed by atoms with Crippen LogP contribution in [0.5, 0.6) is 5.75 Å². The summed E-state index contributed by atoms with van der Waals surface area (Å²) in [7, 11) is 0. The predicted molar refractivity (Wildman–Crippen MR) is 73.6 cm³/mol. The van der Waals surface area contributed by atoms with E-state index in [-0.39, 0.29) is 17.8 Å². The third-order valence-electron chi connectivity index (χ3n) is 2.87. The van der Waals surface area contributed by atoms with Crippen LogP contribution in [0.25, 0.3) is 0 Å². The van der Waals surface area contributed by atoms with Crippen molar-refractivity contribution >= 4 is 5.91 Å². The maximum Gasteiger partial charge on any atom is 0.261 e. The molecule has 106 valence electrons. The fourth-order valence-electron chi connectivity index (χ4n) is 1.84. The van der Waals surface area contributed by atoms with Crippen molar-refractivity contribution in [1.29, 1.82) is 0 Å². The zero-order valence-electron chi connectivity index (χ0n) is 11.8. The minimum Gasteiger partial charge on any atom is -0.481 e. The second-order valence-corrected chi connectivity index (χ2v) is 4.67. The number of hydrogen-bond acceptors (Lipinski definition) is 2. The summed E-state index contributed by atoms with van der Waals surface area (Å²) in [5.41, 5.74) is 0. The average molecular weight is 267 g/mol. The molecular weight excluding hydrogens is 245 g/mol. The van der Waals surface area contributed by atoms with Crippen molar-refractivity contribution in [2.45, 2.75) is 52.2 Å². The smallest absolute Gasteiger partial charge is 0.261 e. The van der Waals surface area contributed by atoms with Crippen LogP contribution in [0.4, 0.5) is 4.39 Å². The molecule has 0 saturated heterocycles. The molecule has 0 aliphatic carbocycles. The van der Waals surface area contributed by atoms with E-state index < -0.39 is 6.10 Å². The number of ether oxygens (including phenoxy) is 1. The third kappa shape index (κ3) is 5.28. The quantitative estimate of drug-likeness (QED) is 0.823. The van der Waals surface area contributed by atoms with Gasteiger partial charge < -0.3 is 10.1 Å².